The highest BCUT2D eigenvalue weighted by Gasteiger charge is 2.14. The van der Waals surface area contributed by atoms with Crippen LogP contribution in [0.3, 0.4) is 0 Å². The average molecular weight is 250 g/mol. The molecule has 0 spiro atoms. The lowest BCUT2D eigenvalue weighted by Gasteiger charge is -2.16. The summed E-state index contributed by atoms with van der Waals surface area (Å²) < 4.78 is 0. The minimum Gasteiger partial charge on any atom is -0.352 e. The molecule has 0 fully saturated rings. The van der Waals surface area contributed by atoms with E-state index in [4.69, 9.17) is 5.73 Å². The number of nitrogens with two attached hydrogens (primary N) is 1. The molecule has 0 aromatic carbocycles. The van der Waals surface area contributed by atoms with E-state index in [1.807, 2.05) is 13.2 Å². The summed E-state index contributed by atoms with van der Waals surface area (Å²) in [6, 6.07) is -0.126. The van der Waals surface area contributed by atoms with Gasteiger partial charge in [-0.3, -0.25) is 4.79 Å². The van der Waals surface area contributed by atoms with Crippen molar-refractivity contribution in [1.82, 2.24) is 5.32 Å². The van der Waals surface area contributed by atoms with Crippen LogP contribution in [0.2, 0.25) is 0 Å². The van der Waals surface area contributed by atoms with Gasteiger partial charge < -0.3 is 11.1 Å². The maximum absolute atomic E-state index is 11.6. The van der Waals surface area contributed by atoms with Crippen LogP contribution in [0.1, 0.15) is 19.8 Å². The first-order valence-corrected chi connectivity index (χ1v) is 7.94. The Balaban J connectivity index is 3.70. The van der Waals surface area contributed by atoms with Gasteiger partial charge in [-0.25, -0.2) is 0 Å². The number of thioether (sulfide) groups is 2. The van der Waals surface area contributed by atoms with Gasteiger partial charge in [-0.15, -0.1) is 0 Å². The fourth-order valence-electron chi connectivity index (χ4n) is 1.09. The third kappa shape index (κ3) is 7.99. The lowest BCUT2D eigenvalue weighted by atomic mass is 10.2. The Kier molecular flexibility index (Phi) is 9.44. The second-order valence-corrected chi connectivity index (χ2v) is 5.55. The zero-order valence-electron chi connectivity index (χ0n) is 9.79. The first kappa shape index (κ1) is 15.1. The Labute approximate surface area is 101 Å². The van der Waals surface area contributed by atoms with E-state index in [0.29, 0.717) is 0 Å². The highest BCUT2D eigenvalue weighted by atomic mass is 32.2. The predicted octanol–water partition coefficient (Wildman–Crippen LogP) is 1.32. The molecule has 0 aromatic rings. The number of amides is 1. The first-order valence-electron chi connectivity index (χ1n) is 5.15. The molecular formula is C10H22N2OS2. The third-order valence-electron chi connectivity index (χ3n) is 2.11. The molecule has 90 valence electrons. The number of hydrogen-bond donors (Lipinski definition) is 2. The smallest absolute Gasteiger partial charge is 0.237 e. The number of carbonyl (C=O) groups excluding carboxylic acids is 1. The van der Waals surface area contributed by atoms with Gasteiger partial charge in [0.25, 0.3) is 0 Å². The molecule has 0 heterocycles. The quantitative estimate of drug-likeness (QED) is 0.682. The molecule has 1 unspecified atom stereocenters. The van der Waals surface area contributed by atoms with Crippen molar-refractivity contribution < 1.29 is 4.79 Å². The molecule has 0 aliphatic heterocycles. The van der Waals surface area contributed by atoms with Crippen molar-refractivity contribution in [3.8, 4) is 0 Å². The van der Waals surface area contributed by atoms with Crippen LogP contribution in [0, 0.1) is 0 Å². The fraction of sp³-hybridized carbons (Fsp3) is 0.900. The van der Waals surface area contributed by atoms with Crippen molar-refractivity contribution in [2.75, 3.05) is 24.0 Å². The summed E-state index contributed by atoms with van der Waals surface area (Å²) in [4.78, 5) is 11.6. The fourth-order valence-corrected chi connectivity index (χ4v) is 2.17. The van der Waals surface area contributed by atoms with Gasteiger partial charge in [0, 0.05) is 6.04 Å². The second kappa shape index (κ2) is 9.36. The van der Waals surface area contributed by atoms with Gasteiger partial charge in [0.05, 0.1) is 6.04 Å². The lowest BCUT2D eigenvalue weighted by molar-refractivity contribution is -0.123. The number of rotatable bonds is 8. The summed E-state index contributed by atoms with van der Waals surface area (Å²) in [7, 11) is 0. The first-order chi connectivity index (χ1) is 7.11. The highest BCUT2D eigenvalue weighted by Crippen LogP contribution is 2.02. The Morgan fingerprint density at radius 1 is 1.27 bits per heavy atom. The average Bonchev–Trinajstić information content (AvgIpc) is 2.22. The van der Waals surface area contributed by atoms with E-state index in [1.165, 1.54) is 0 Å². The molecule has 15 heavy (non-hydrogen) atoms. The van der Waals surface area contributed by atoms with Crippen LogP contribution in [0.5, 0.6) is 0 Å². The zero-order valence-corrected chi connectivity index (χ0v) is 11.4. The maximum Gasteiger partial charge on any atom is 0.237 e. The Morgan fingerprint density at radius 2 is 1.80 bits per heavy atom. The van der Waals surface area contributed by atoms with Crippen LogP contribution < -0.4 is 11.1 Å². The Morgan fingerprint density at radius 3 is 2.33 bits per heavy atom. The van der Waals surface area contributed by atoms with Crippen LogP contribution in [0.4, 0.5) is 0 Å². The summed E-state index contributed by atoms with van der Waals surface area (Å²) >= 11 is 3.51. The highest BCUT2D eigenvalue weighted by molar-refractivity contribution is 7.98. The van der Waals surface area contributed by atoms with Crippen LogP contribution >= 0.6 is 23.5 Å². The standard InChI is InChI=1S/C10H22N2OS2/c1-8(4-6-14-2)12-10(13)9(11)5-7-15-3/h8-9H,4-7,11H2,1-3H3,(H,12,13)/t8?,9-/m1/s1. The molecular weight excluding hydrogens is 228 g/mol. The van der Waals surface area contributed by atoms with Gasteiger partial charge in [-0.2, -0.15) is 23.5 Å². The van der Waals surface area contributed by atoms with Crippen molar-refractivity contribution >= 4 is 29.4 Å². The number of hydrogen-bond acceptors (Lipinski definition) is 4. The van der Waals surface area contributed by atoms with E-state index >= 15 is 0 Å². The minimum absolute atomic E-state index is 0.0161. The molecule has 5 heteroatoms. The van der Waals surface area contributed by atoms with Crippen molar-refractivity contribution in [1.29, 1.82) is 0 Å². The largest absolute Gasteiger partial charge is 0.352 e. The zero-order chi connectivity index (χ0) is 11.7. The molecule has 0 bridgehead atoms. The van der Waals surface area contributed by atoms with Crippen molar-refractivity contribution in [2.45, 2.75) is 31.8 Å². The Bertz CT molecular complexity index is 179. The van der Waals surface area contributed by atoms with E-state index in [0.717, 1.165) is 24.3 Å². The third-order valence-corrected chi connectivity index (χ3v) is 3.40. The molecule has 1 amide bonds. The van der Waals surface area contributed by atoms with Gasteiger partial charge in [0.2, 0.25) is 5.91 Å². The minimum atomic E-state index is -0.353. The summed E-state index contributed by atoms with van der Waals surface area (Å²) in [5, 5.41) is 2.94. The van der Waals surface area contributed by atoms with Gasteiger partial charge >= 0.3 is 0 Å². The van der Waals surface area contributed by atoms with Gasteiger partial charge in [-0.1, -0.05) is 0 Å². The molecule has 3 nitrogen and oxygen atoms in total. The molecule has 0 aromatic heterocycles. The molecule has 0 saturated heterocycles. The predicted molar refractivity (Wildman–Crippen MR) is 71.6 cm³/mol. The van der Waals surface area contributed by atoms with E-state index in [9.17, 15) is 4.79 Å². The molecule has 0 rings (SSSR count). The van der Waals surface area contributed by atoms with Crippen LogP contribution in [0.15, 0.2) is 0 Å². The van der Waals surface area contributed by atoms with E-state index in [-0.39, 0.29) is 18.0 Å². The van der Waals surface area contributed by atoms with Crippen molar-refractivity contribution in [2.24, 2.45) is 5.73 Å². The van der Waals surface area contributed by atoms with E-state index < -0.39 is 0 Å². The SMILES string of the molecule is CSCCC(C)NC(=O)[C@H](N)CCSC. The van der Waals surface area contributed by atoms with Gasteiger partial charge in [-0.05, 0) is 43.8 Å². The number of carbonyl (C=O) groups is 1. The molecule has 0 aliphatic carbocycles. The normalized spacial score (nSPS) is 14.7. The van der Waals surface area contributed by atoms with Gasteiger partial charge in [0.15, 0.2) is 0 Å². The molecule has 0 saturated carbocycles. The maximum atomic E-state index is 11.6. The van der Waals surface area contributed by atoms with Crippen molar-refractivity contribution in [3.63, 3.8) is 0 Å². The molecule has 0 radical (unpaired) electrons. The molecule has 2 atom stereocenters. The van der Waals surface area contributed by atoms with E-state index in [1.54, 1.807) is 23.5 Å². The summed E-state index contributed by atoms with van der Waals surface area (Å²) in [5.74, 6) is 1.99. The summed E-state index contributed by atoms with van der Waals surface area (Å²) in [6.07, 6.45) is 5.84. The molecule has 3 N–H and O–H groups in total. The van der Waals surface area contributed by atoms with E-state index in [2.05, 4.69) is 11.6 Å². The number of nitrogens with one attached hydrogen (secondary N) is 1. The lowest BCUT2D eigenvalue weighted by Crippen LogP contribution is -2.44. The van der Waals surface area contributed by atoms with Crippen molar-refractivity contribution in [3.05, 3.63) is 0 Å². The van der Waals surface area contributed by atoms with Crippen LogP contribution in [-0.4, -0.2) is 42.0 Å². The molecule has 0 aliphatic rings. The summed E-state index contributed by atoms with van der Waals surface area (Å²) in [6.45, 7) is 2.02. The van der Waals surface area contributed by atoms with Crippen LogP contribution in [0.25, 0.3) is 0 Å². The van der Waals surface area contributed by atoms with Crippen LogP contribution in [-0.2, 0) is 4.79 Å². The Hall–Kier alpha value is 0.130. The monoisotopic (exact) mass is 250 g/mol. The second-order valence-electron chi connectivity index (χ2n) is 3.58. The van der Waals surface area contributed by atoms with Gasteiger partial charge in [0.1, 0.15) is 0 Å². The topological polar surface area (TPSA) is 55.1 Å². The summed E-state index contributed by atoms with van der Waals surface area (Å²) in [5.41, 5.74) is 5.75.